The van der Waals surface area contributed by atoms with Crippen LogP contribution in [0.15, 0.2) is 72.9 Å². The topological polar surface area (TPSA) is 90.4 Å². The average Bonchev–Trinajstić information content (AvgIpc) is 2.88. The standard InChI is InChI=1S/C28H25N3O3/c1-18-4-6-19(7-5-18)25-16-31-28(30)24(15-29)27(25)20-8-10-22(11-9-20)34-17-21-14-23(32-2)12-13-26(21)33-3/h4-14,16H,17H2,1-3H3,(H2,30,31). The van der Waals surface area contributed by atoms with Crippen LogP contribution >= 0.6 is 0 Å². The smallest absolute Gasteiger partial charge is 0.141 e. The molecule has 0 aliphatic carbocycles. The molecule has 1 heterocycles. The van der Waals surface area contributed by atoms with E-state index in [1.165, 1.54) is 0 Å². The second-order valence-electron chi connectivity index (χ2n) is 7.78. The van der Waals surface area contributed by atoms with Crippen LogP contribution in [0.2, 0.25) is 0 Å². The van der Waals surface area contributed by atoms with Crippen molar-refractivity contribution < 1.29 is 14.2 Å². The molecule has 1 aromatic heterocycles. The molecule has 0 amide bonds. The van der Waals surface area contributed by atoms with Gasteiger partial charge in [-0.1, -0.05) is 42.0 Å². The number of nitrogens with zero attached hydrogens (tertiary/aromatic N) is 2. The lowest BCUT2D eigenvalue weighted by molar-refractivity contribution is 0.295. The Balaban J connectivity index is 1.65. The molecule has 0 saturated heterocycles. The Hall–Kier alpha value is -4.50. The van der Waals surface area contributed by atoms with Gasteiger partial charge in [-0.15, -0.1) is 0 Å². The minimum atomic E-state index is 0.207. The van der Waals surface area contributed by atoms with Crippen LogP contribution in [-0.2, 0) is 6.61 Å². The molecule has 0 spiro atoms. The Morgan fingerprint density at radius 1 is 0.882 bits per heavy atom. The number of benzene rings is 3. The summed E-state index contributed by atoms with van der Waals surface area (Å²) < 4.78 is 16.7. The first-order chi connectivity index (χ1) is 16.5. The third kappa shape index (κ3) is 4.64. The van der Waals surface area contributed by atoms with Crippen LogP contribution in [0.4, 0.5) is 5.82 Å². The lowest BCUT2D eigenvalue weighted by Crippen LogP contribution is -2.01. The first kappa shape index (κ1) is 22.7. The summed E-state index contributed by atoms with van der Waals surface area (Å²) in [5, 5.41) is 9.82. The highest BCUT2D eigenvalue weighted by atomic mass is 16.5. The van der Waals surface area contributed by atoms with Gasteiger partial charge in [0, 0.05) is 22.9 Å². The van der Waals surface area contributed by atoms with Gasteiger partial charge in [-0.3, -0.25) is 0 Å². The van der Waals surface area contributed by atoms with Gasteiger partial charge in [-0.2, -0.15) is 5.26 Å². The zero-order valence-corrected chi connectivity index (χ0v) is 19.3. The average molecular weight is 452 g/mol. The molecule has 3 aromatic carbocycles. The molecule has 2 N–H and O–H groups in total. The Bertz CT molecular complexity index is 1340. The van der Waals surface area contributed by atoms with Crippen molar-refractivity contribution in [1.82, 2.24) is 4.98 Å². The lowest BCUT2D eigenvalue weighted by Gasteiger charge is -2.15. The van der Waals surface area contributed by atoms with Crippen LogP contribution in [0.5, 0.6) is 17.2 Å². The molecule has 0 aliphatic heterocycles. The first-order valence-electron chi connectivity index (χ1n) is 10.7. The van der Waals surface area contributed by atoms with E-state index in [0.29, 0.717) is 17.9 Å². The lowest BCUT2D eigenvalue weighted by atomic mass is 9.92. The number of aryl methyl sites for hydroxylation is 1. The van der Waals surface area contributed by atoms with Gasteiger partial charge in [0.05, 0.1) is 14.2 Å². The normalized spacial score (nSPS) is 10.4. The number of nitrogen functional groups attached to an aromatic ring is 1. The molecule has 4 aromatic rings. The molecule has 0 unspecified atom stereocenters. The highest BCUT2D eigenvalue weighted by Crippen LogP contribution is 2.37. The SMILES string of the molecule is COc1ccc(OC)c(COc2ccc(-c3c(-c4ccc(C)cc4)cnc(N)c3C#N)cc2)c1. The zero-order valence-electron chi connectivity index (χ0n) is 19.3. The number of ether oxygens (including phenoxy) is 3. The van der Waals surface area contributed by atoms with Crippen molar-refractivity contribution in [2.75, 3.05) is 20.0 Å². The highest BCUT2D eigenvalue weighted by Gasteiger charge is 2.17. The summed E-state index contributed by atoms with van der Waals surface area (Å²) in [6.45, 7) is 2.35. The third-order valence-electron chi connectivity index (χ3n) is 5.61. The Morgan fingerprint density at radius 3 is 2.21 bits per heavy atom. The van der Waals surface area contributed by atoms with Crippen LogP contribution in [-0.4, -0.2) is 19.2 Å². The van der Waals surface area contributed by atoms with Gasteiger partial charge in [0.1, 0.15) is 41.3 Å². The molecule has 34 heavy (non-hydrogen) atoms. The molecule has 6 heteroatoms. The number of rotatable bonds is 7. The summed E-state index contributed by atoms with van der Waals surface area (Å²) in [5.74, 6) is 2.36. The number of pyridine rings is 1. The minimum Gasteiger partial charge on any atom is -0.497 e. The maximum atomic E-state index is 9.82. The molecular weight excluding hydrogens is 426 g/mol. The summed E-state index contributed by atoms with van der Waals surface area (Å²) in [6.07, 6.45) is 1.72. The highest BCUT2D eigenvalue weighted by molar-refractivity contribution is 5.89. The number of aromatic nitrogens is 1. The zero-order chi connectivity index (χ0) is 24.1. The monoisotopic (exact) mass is 451 g/mol. The molecule has 0 saturated carbocycles. The number of hydrogen-bond donors (Lipinski definition) is 1. The van der Waals surface area contributed by atoms with Crippen LogP contribution < -0.4 is 19.9 Å². The van der Waals surface area contributed by atoms with E-state index in [-0.39, 0.29) is 5.82 Å². The van der Waals surface area contributed by atoms with E-state index < -0.39 is 0 Å². The maximum absolute atomic E-state index is 9.82. The van der Waals surface area contributed by atoms with Gasteiger partial charge in [-0.25, -0.2) is 4.98 Å². The fourth-order valence-electron chi connectivity index (χ4n) is 3.76. The van der Waals surface area contributed by atoms with Crippen LogP contribution in [0, 0.1) is 18.3 Å². The van der Waals surface area contributed by atoms with E-state index in [4.69, 9.17) is 19.9 Å². The quantitative estimate of drug-likeness (QED) is 0.383. The molecule has 6 nitrogen and oxygen atoms in total. The molecule has 0 fully saturated rings. The van der Waals surface area contributed by atoms with Gasteiger partial charge in [0.15, 0.2) is 0 Å². The minimum absolute atomic E-state index is 0.207. The number of nitriles is 1. The first-order valence-corrected chi connectivity index (χ1v) is 10.7. The molecule has 4 rings (SSSR count). The Morgan fingerprint density at radius 2 is 1.56 bits per heavy atom. The largest absolute Gasteiger partial charge is 0.497 e. The molecule has 0 bridgehead atoms. The summed E-state index contributed by atoms with van der Waals surface area (Å²) in [7, 11) is 3.25. The summed E-state index contributed by atoms with van der Waals surface area (Å²) >= 11 is 0. The summed E-state index contributed by atoms with van der Waals surface area (Å²) in [5.41, 5.74) is 11.9. The van der Waals surface area contributed by atoms with Crippen LogP contribution in [0.1, 0.15) is 16.7 Å². The van der Waals surface area contributed by atoms with Gasteiger partial charge in [-0.05, 0) is 48.4 Å². The van der Waals surface area contributed by atoms with Gasteiger partial charge in [0.25, 0.3) is 0 Å². The van der Waals surface area contributed by atoms with Crippen molar-refractivity contribution in [2.45, 2.75) is 13.5 Å². The second-order valence-corrected chi connectivity index (χ2v) is 7.78. The van der Waals surface area contributed by atoms with Crippen LogP contribution in [0.3, 0.4) is 0 Å². The van der Waals surface area contributed by atoms with E-state index in [2.05, 4.69) is 11.1 Å². The van der Waals surface area contributed by atoms with Crippen molar-refractivity contribution in [3.63, 3.8) is 0 Å². The molecule has 0 aliphatic rings. The Labute approximate surface area is 199 Å². The van der Waals surface area contributed by atoms with Crippen molar-refractivity contribution in [3.05, 3.63) is 89.6 Å². The maximum Gasteiger partial charge on any atom is 0.141 e. The molecule has 0 radical (unpaired) electrons. The Kier molecular flexibility index (Phi) is 6.65. The van der Waals surface area contributed by atoms with Crippen molar-refractivity contribution in [2.24, 2.45) is 0 Å². The molecule has 170 valence electrons. The third-order valence-corrected chi connectivity index (χ3v) is 5.61. The number of anilines is 1. The van der Waals surface area contributed by atoms with Gasteiger partial charge >= 0.3 is 0 Å². The van der Waals surface area contributed by atoms with E-state index >= 15 is 0 Å². The van der Waals surface area contributed by atoms with E-state index in [1.807, 2.05) is 73.7 Å². The predicted molar refractivity (Wildman–Crippen MR) is 133 cm³/mol. The fourth-order valence-corrected chi connectivity index (χ4v) is 3.76. The number of nitrogens with two attached hydrogens (primary N) is 1. The molecular formula is C28H25N3O3. The van der Waals surface area contributed by atoms with E-state index in [1.54, 1.807) is 20.4 Å². The summed E-state index contributed by atoms with van der Waals surface area (Å²) in [6, 6.07) is 23.5. The van der Waals surface area contributed by atoms with E-state index in [0.717, 1.165) is 44.9 Å². The number of methoxy groups -OCH3 is 2. The second kappa shape index (κ2) is 9.97. The van der Waals surface area contributed by atoms with Crippen molar-refractivity contribution in [1.29, 1.82) is 5.26 Å². The number of hydrogen-bond acceptors (Lipinski definition) is 6. The fraction of sp³-hybridized carbons (Fsp3) is 0.143. The van der Waals surface area contributed by atoms with E-state index in [9.17, 15) is 5.26 Å². The van der Waals surface area contributed by atoms with Gasteiger partial charge < -0.3 is 19.9 Å². The van der Waals surface area contributed by atoms with Crippen LogP contribution in [0.25, 0.3) is 22.3 Å². The molecule has 0 atom stereocenters. The summed E-state index contributed by atoms with van der Waals surface area (Å²) in [4.78, 5) is 4.25. The van der Waals surface area contributed by atoms with Gasteiger partial charge in [0.2, 0.25) is 0 Å². The van der Waals surface area contributed by atoms with Crippen molar-refractivity contribution >= 4 is 5.82 Å². The van der Waals surface area contributed by atoms with Crippen molar-refractivity contribution in [3.8, 4) is 45.6 Å². The predicted octanol–water partition coefficient (Wildman–Crippen LogP) is 5.77.